The summed E-state index contributed by atoms with van der Waals surface area (Å²) < 4.78 is 28.9. The number of rotatable bonds is 6. The van der Waals surface area contributed by atoms with Crippen LogP contribution in [0, 0.1) is 0 Å². The average molecular weight is 303 g/mol. The standard InChI is InChI=1S/C11H13NO7S/c1-19-11(16)7-20(17,18)12(6-10(14)15)8-2-4-9(13)5-3-8/h2-5,13H,6-7H2,1H3,(H,14,15). The van der Waals surface area contributed by atoms with Crippen molar-refractivity contribution in [1.82, 2.24) is 0 Å². The highest BCUT2D eigenvalue weighted by Crippen LogP contribution is 2.21. The molecule has 0 amide bonds. The summed E-state index contributed by atoms with van der Waals surface area (Å²) in [6.45, 7) is -0.843. The largest absolute Gasteiger partial charge is 0.508 e. The van der Waals surface area contributed by atoms with Crippen molar-refractivity contribution in [2.75, 3.05) is 23.7 Å². The molecule has 0 spiro atoms. The van der Waals surface area contributed by atoms with Gasteiger partial charge in [0.05, 0.1) is 12.8 Å². The Bertz CT molecular complexity index is 594. The fourth-order valence-electron chi connectivity index (χ4n) is 1.38. The van der Waals surface area contributed by atoms with Crippen LogP contribution in [0.4, 0.5) is 5.69 Å². The summed E-state index contributed by atoms with van der Waals surface area (Å²) in [7, 11) is -3.17. The Hall–Kier alpha value is -2.29. The summed E-state index contributed by atoms with van der Waals surface area (Å²) >= 11 is 0. The number of carbonyl (C=O) groups is 2. The molecule has 0 heterocycles. The highest BCUT2D eigenvalue weighted by molar-refractivity contribution is 7.93. The number of esters is 1. The van der Waals surface area contributed by atoms with Crippen LogP contribution in [-0.4, -0.2) is 50.0 Å². The molecular weight excluding hydrogens is 290 g/mol. The van der Waals surface area contributed by atoms with E-state index in [4.69, 9.17) is 10.2 Å². The van der Waals surface area contributed by atoms with Crippen molar-refractivity contribution >= 4 is 27.6 Å². The predicted octanol–water partition coefficient (Wildman–Crippen LogP) is -0.214. The molecule has 0 bridgehead atoms. The van der Waals surface area contributed by atoms with Gasteiger partial charge in [-0.1, -0.05) is 0 Å². The third-order valence-electron chi connectivity index (χ3n) is 2.28. The number of benzene rings is 1. The highest BCUT2D eigenvalue weighted by Gasteiger charge is 2.28. The SMILES string of the molecule is COC(=O)CS(=O)(=O)N(CC(=O)O)c1ccc(O)cc1. The van der Waals surface area contributed by atoms with Gasteiger partial charge in [0.25, 0.3) is 0 Å². The first-order valence-corrected chi connectivity index (χ1v) is 6.95. The lowest BCUT2D eigenvalue weighted by molar-refractivity contribution is -0.138. The van der Waals surface area contributed by atoms with Crippen LogP contribution in [0.25, 0.3) is 0 Å². The van der Waals surface area contributed by atoms with E-state index in [0.29, 0.717) is 4.31 Å². The molecule has 2 N–H and O–H groups in total. The maximum Gasteiger partial charge on any atom is 0.324 e. The van der Waals surface area contributed by atoms with Crippen molar-refractivity contribution in [3.05, 3.63) is 24.3 Å². The number of carbonyl (C=O) groups excluding carboxylic acids is 1. The van der Waals surface area contributed by atoms with Gasteiger partial charge < -0.3 is 14.9 Å². The van der Waals surface area contributed by atoms with Crippen molar-refractivity contribution in [3.63, 3.8) is 0 Å². The van der Waals surface area contributed by atoms with Gasteiger partial charge in [0.2, 0.25) is 10.0 Å². The first-order valence-electron chi connectivity index (χ1n) is 5.34. The molecule has 1 aromatic rings. The number of sulfonamides is 1. The highest BCUT2D eigenvalue weighted by atomic mass is 32.2. The van der Waals surface area contributed by atoms with Gasteiger partial charge >= 0.3 is 11.9 Å². The van der Waals surface area contributed by atoms with E-state index in [2.05, 4.69) is 4.74 Å². The molecule has 8 nitrogen and oxygen atoms in total. The number of ether oxygens (including phenoxy) is 1. The van der Waals surface area contributed by atoms with E-state index in [9.17, 15) is 18.0 Å². The molecule has 1 rings (SSSR count). The topological polar surface area (TPSA) is 121 Å². The lowest BCUT2D eigenvalue weighted by Crippen LogP contribution is -2.39. The van der Waals surface area contributed by atoms with E-state index >= 15 is 0 Å². The predicted molar refractivity (Wildman–Crippen MR) is 68.9 cm³/mol. The van der Waals surface area contributed by atoms with Crippen molar-refractivity contribution in [2.24, 2.45) is 0 Å². The van der Waals surface area contributed by atoms with Crippen LogP contribution >= 0.6 is 0 Å². The van der Waals surface area contributed by atoms with E-state index in [1.54, 1.807) is 0 Å². The van der Waals surface area contributed by atoms with Crippen LogP contribution in [0.15, 0.2) is 24.3 Å². The van der Waals surface area contributed by atoms with E-state index in [0.717, 1.165) is 7.11 Å². The quantitative estimate of drug-likeness (QED) is 0.697. The van der Waals surface area contributed by atoms with Crippen molar-refractivity contribution in [3.8, 4) is 5.75 Å². The molecular formula is C11H13NO7S. The molecule has 0 unspecified atom stereocenters. The van der Waals surface area contributed by atoms with Crippen LogP contribution in [0.5, 0.6) is 5.75 Å². The Morgan fingerprint density at radius 1 is 1.25 bits per heavy atom. The van der Waals surface area contributed by atoms with E-state index in [1.165, 1.54) is 24.3 Å². The number of anilines is 1. The van der Waals surface area contributed by atoms with E-state index in [-0.39, 0.29) is 11.4 Å². The molecule has 0 saturated heterocycles. The molecule has 0 fully saturated rings. The number of phenolic OH excluding ortho intramolecular Hbond substituents is 1. The average Bonchev–Trinajstić information content (AvgIpc) is 2.36. The maximum atomic E-state index is 12.0. The molecule has 0 aliphatic rings. The van der Waals surface area contributed by atoms with E-state index < -0.39 is 34.3 Å². The second-order valence-electron chi connectivity index (χ2n) is 3.75. The lowest BCUT2D eigenvalue weighted by atomic mass is 10.3. The minimum absolute atomic E-state index is 0.0223. The van der Waals surface area contributed by atoms with Gasteiger partial charge in [0.1, 0.15) is 12.3 Å². The molecule has 9 heteroatoms. The summed E-state index contributed by atoms with van der Waals surface area (Å²) in [5, 5.41) is 17.9. The molecule has 110 valence electrons. The van der Waals surface area contributed by atoms with Crippen molar-refractivity contribution in [1.29, 1.82) is 0 Å². The Labute approximate surface area is 115 Å². The Morgan fingerprint density at radius 2 is 1.80 bits per heavy atom. The van der Waals surface area contributed by atoms with E-state index in [1.807, 2.05) is 0 Å². The van der Waals surface area contributed by atoms with Crippen molar-refractivity contribution in [2.45, 2.75) is 0 Å². The first kappa shape index (κ1) is 15.8. The van der Waals surface area contributed by atoms with Crippen LogP contribution in [0.1, 0.15) is 0 Å². The number of hydrogen-bond acceptors (Lipinski definition) is 6. The number of hydrogen-bond donors (Lipinski definition) is 2. The monoisotopic (exact) mass is 303 g/mol. The zero-order valence-corrected chi connectivity index (χ0v) is 11.3. The minimum Gasteiger partial charge on any atom is -0.508 e. The summed E-state index contributed by atoms with van der Waals surface area (Å²) in [6, 6.07) is 4.87. The van der Waals surface area contributed by atoms with Gasteiger partial charge in [0, 0.05) is 0 Å². The summed E-state index contributed by atoms with van der Waals surface area (Å²) in [5.41, 5.74) is 0.0223. The number of nitrogens with zero attached hydrogens (tertiary/aromatic N) is 1. The number of methoxy groups -OCH3 is 1. The van der Waals surface area contributed by atoms with Gasteiger partial charge in [-0.15, -0.1) is 0 Å². The van der Waals surface area contributed by atoms with Gasteiger partial charge in [-0.2, -0.15) is 0 Å². The summed E-state index contributed by atoms with van der Waals surface area (Å²) in [5.74, 6) is -3.46. The fourth-order valence-corrected chi connectivity index (χ4v) is 2.70. The molecule has 0 aromatic heterocycles. The zero-order chi connectivity index (χ0) is 15.3. The van der Waals surface area contributed by atoms with Gasteiger partial charge in [-0.3, -0.25) is 13.9 Å². The Kier molecular flexibility index (Phi) is 4.92. The van der Waals surface area contributed by atoms with Crippen LogP contribution in [-0.2, 0) is 24.3 Å². The molecule has 1 aromatic carbocycles. The lowest BCUT2D eigenvalue weighted by Gasteiger charge is -2.22. The fraction of sp³-hybridized carbons (Fsp3) is 0.273. The number of phenols is 1. The Balaban J connectivity index is 3.15. The zero-order valence-electron chi connectivity index (χ0n) is 10.5. The number of carboxylic acid groups (broad SMARTS) is 1. The maximum absolute atomic E-state index is 12.0. The smallest absolute Gasteiger partial charge is 0.324 e. The van der Waals surface area contributed by atoms with Crippen molar-refractivity contribution < 1.29 is 33.0 Å². The molecule has 0 saturated carbocycles. The number of aromatic hydroxyl groups is 1. The van der Waals surface area contributed by atoms with Crippen LogP contribution in [0.2, 0.25) is 0 Å². The summed E-state index contributed by atoms with van der Waals surface area (Å²) in [4.78, 5) is 21.9. The third kappa shape index (κ3) is 4.12. The molecule has 0 aliphatic carbocycles. The van der Waals surface area contributed by atoms with Crippen LogP contribution < -0.4 is 4.31 Å². The number of aliphatic carboxylic acids is 1. The number of carboxylic acids is 1. The second-order valence-corrected chi connectivity index (χ2v) is 5.64. The molecule has 20 heavy (non-hydrogen) atoms. The van der Waals surface area contributed by atoms with Gasteiger partial charge in [-0.05, 0) is 24.3 Å². The van der Waals surface area contributed by atoms with Crippen LogP contribution in [0.3, 0.4) is 0 Å². The third-order valence-corrected chi connectivity index (χ3v) is 3.89. The molecule has 0 radical (unpaired) electrons. The first-order chi connectivity index (χ1) is 9.26. The van der Waals surface area contributed by atoms with Gasteiger partial charge in [-0.25, -0.2) is 8.42 Å². The normalized spacial score (nSPS) is 10.8. The Morgan fingerprint density at radius 3 is 2.25 bits per heavy atom. The second kappa shape index (κ2) is 6.24. The molecule has 0 atom stereocenters. The molecule has 0 aliphatic heterocycles. The van der Waals surface area contributed by atoms with Gasteiger partial charge in [0.15, 0.2) is 5.75 Å². The summed E-state index contributed by atoms with van der Waals surface area (Å²) in [6.07, 6.45) is 0. The minimum atomic E-state index is -4.20.